The van der Waals surface area contributed by atoms with E-state index in [4.69, 9.17) is 16.3 Å². The number of fused-ring (bicyclic) bond motifs is 2. The van der Waals surface area contributed by atoms with Crippen LogP contribution in [0.5, 0.6) is 5.75 Å². The summed E-state index contributed by atoms with van der Waals surface area (Å²) in [5, 5.41) is 2.05. The van der Waals surface area contributed by atoms with Gasteiger partial charge >= 0.3 is 0 Å². The van der Waals surface area contributed by atoms with E-state index < -0.39 is 0 Å². The molecule has 84 valence electrons. The Morgan fingerprint density at radius 3 is 2.82 bits per heavy atom. The van der Waals surface area contributed by atoms with E-state index in [9.17, 15) is 0 Å². The van der Waals surface area contributed by atoms with Crippen molar-refractivity contribution in [3.8, 4) is 5.75 Å². The molecule has 0 bridgehead atoms. The quantitative estimate of drug-likeness (QED) is 0.489. The maximum absolute atomic E-state index is 5.74. The average Bonchev–Trinajstić information content (AvgIpc) is 2.35. The van der Waals surface area contributed by atoms with Gasteiger partial charge in [0.15, 0.2) is 5.65 Å². The molecule has 0 fully saturated rings. The van der Waals surface area contributed by atoms with Gasteiger partial charge in [-0.2, -0.15) is 4.98 Å². The fraction of sp³-hybridized carbons (Fsp3) is 0.0833. The van der Waals surface area contributed by atoms with Gasteiger partial charge in [-0.15, -0.1) is 0 Å². The third-order valence-electron chi connectivity index (χ3n) is 2.54. The molecule has 3 rings (SSSR count). The molecule has 5 heteroatoms. The number of aromatic nitrogens is 3. The highest BCUT2D eigenvalue weighted by atomic mass is 35.5. The number of nitrogens with zero attached hydrogens (tertiary/aromatic N) is 3. The van der Waals surface area contributed by atoms with Gasteiger partial charge in [0, 0.05) is 17.0 Å². The van der Waals surface area contributed by atoms with E-state index in [1.807, 2.05) is 24.3 Å². The van der Waals surface area contributed by atoms with Gasteiger partial charge in [-0.05, 0) is 35.9 Å². The lowest BCUT2D eigenvalue weighted by atomic mass is 10.2. The Balaban J connectivity index is 2.35. The van der Waals surface area contributed by atoms with Crippen molar-refractivity contribution in [3.63, 3.8) is 0 Å². The third kappa shape index (κ3) is 1.76. The second-order valence-corrected chi connectivity index (χ2v) is 3.94. The highest BCUT2D eigenvalue weighted by molar-refractivity contribution is 6.28. The highest BCUT2D eigenvalue weighted by Crippen LogP contribution is 2.22. The van der Waals surface area contributed by atoms with Gasteiger partial charge in [0.1, 0.15) is 5.75 Å². The largest absolute Gasteiger partial charge is 0.497 e. The van der Waals surface area contributed by atoms with Crippen LogP contribution in [-0.2, 0) is 0 Å². The predicted octanol–water partition coefficient (Wildman–Crippen LogP) is 2.84. The van der Waals surface area contributed by atoms with Crippen molar-refractivity contribution < 1.29 is 4.74 Å². The fourth-order valence-corrected chi connectivity index (χ4v) is 1.84. The zero-order valence-corrected chi connectivity index (χ0v) is 9.77. The first-order chi connectivity index (χ1) is 8.26. The number of methoxy groups -OCH3 is 1. The lowest BCUT2D eigenvalue weighted by Gasteiger charge is -2.03. The SMILES string of the molecule is COc1ccc2nc3nc(Cl)ncc3cc2c1. The van der Waals surface area contributed by atoms with Crippen LogP contribution in [-0.4, -0.2) is 22.1 Å². The molecule has 2 heterocycles. The fourth-order valence-electron chi connectivity index (χ4n) is 1.71. The van der Waals surface area contributed by atoms with Crippen molar-refractivity contribution in [3.05, 3.63) is 35.7 Å². The first-order valence-corrected chi connectivity index (χ1v) is 5.41. The summed E-state index contributed by atoms with van der Waals surface area (Å²) in [5.74, 6) is 0.800. The second-order valence-electron chi connectivity index (χ2n) is 3.60. The number of pyridine rings is 1. The van der Waals surface area contributed by atoms with Crippen LogP contribution in [0.25, 0.3) is 21.9 Å². The van der Waals surface area contributed by atoms with Gasteiger partial charge < -0.3 is 4.74 Å². The number of hydrogen-bond donors (Lipinski definition) is 0. The van der Waals surface area contributed by atoms with Crippen molar-refractivity contribution in [2.75, 3.05) is 7.11 Å². The van der Waals surface area contributed by atoms with Crippen molar-refractivity contribution in [2.45, 2.75) is 0 Å². The smallest absolute Gasteiger partial charge is 0.224 e. The zero-order chi connectivity index (χ0) is 11.8. The summed E-state index contributed by atoms with van der Waals surface area (Å²) in [4.78, 5) is 12.4. The van der Waals surface area contributed by atoms with Crippen LogP contribution in [0.3, 0.4) is 0 Å². The first kappa shape index (κ1) is 10.2. The maximum Gasteiger partial charge on any atom is 0.224 e. The molecule has 0 saturated heterocycles. The van der Waals surface area contributed by atoms with Crippen molar-refractivity contribution in [2.24, 2.45) is 0 Å². The standard InChI is InChI=1S/C12H8ClN3O/c1-17-9-2-3-10-7(5-9)4-8-6-14-12(13)16-11(8)15-10/h2-6H,1H3. The summed E-state index contributed by atoms with van der Waals surface area (Å²) in [6.07, 6.45) is 1.66. The highest BCUT2D eigenvalue weighted by Gasteiger charge is 2.03. The molecule has 0 N–H and O–H groups in total. The molecular formula is C12H8ClN3O. The molecule has 0 unspecified atom stereocenters. The van der Waals surface area contributed by atoms with Crippen molar-refractivity contribution in [1.29, 1.82) is 0 Å². The number of ether oxygens (including phenoxy) is 1. The Hall–Kier alpha value is -1.94. The van der Waals surface area contributed by atoms with Gasteiger partial charge in [0.25, 0.3) is 0 Å². The minimum atomic E-state index is 0.206. The Morgan fingerprint density at radius 1 is 1.12 bits per heavy atom. The lowest BCUT2D eigenvalue weighted by Crippen LogP contribution is -1.89. The molecule has 4 nitrogen and oxygen atoms in total. The van der Waals surface area contributed by atoms with Gasteiger partial charge in [0.05, 0.1) is 12.6 Å². The maximum atomic E-state index is 5.74. The molecule has 2 aromatic heterocycles. The summed E-state index contributed by atoms with van der Waals surface area (Å²) >= 11 is 5.74. The van der Waals surface area contributed by atoms with Crippen LogP contribution in [0.2, 0.25) is 5.28 Å². The van der Waals surface area contributed by atoms with Crippen molar-refractivity contribution in [1.82, 2.24) is 15.0 Å². The summed E-state index contributed by atoms with van der Waals surface area (Å²) in [5.41, 5.74) is 1.45. The van der Waals surface area contributed by atoms with E-state index in [1.165, 1.54) is 0 Å². The Bertz CT molecular complexity index is 715. The van der Waals surface area contributed by atoms with Crippen molar-refractivity contribution >= 4 is 33.5 Å². The van der Waals surface area contributed by atoms with E-state index >= 15 is 0 Å². The molecule has 0 saturated carbocycles. The van der Waals surface area contributed by atoms with E-state index in [-0.39, 0.29) is 5.28 Å². The molecule has 17 heavy (non-hydrogen) atoms. The molecular weight excluding hydrogens is 238 g/mol. The minimum absolute atomic E-state index is 0.206. The third-order valence-corrected chi connectivity index (χ3v) is 2.72. The van der Waals surface area contributed by atoms with E-state index in [1.54, 1.807) is 13.3 Å². The van der Waals surface area contributed by atoms with Gasteiger partial charge in [-0.3, -0.25) is 0 Å². The number of benzene rings is 1. The lowest BCUT2D eigenvalue weighted by molar-refractivity contribution is 0.415. The van der Waals surface area contributed by atoms with Gasteiger partial charge in [-0.1, -0.05) is 0 Å². The van der Waals surface area contributed by atoms with E-state index in [0.717, 1.165) is 22.0 Å². The monoisotopic (exact) mass is 245 g/mol. The normalized spacial score (nSPS) is 10.9. The first-order valence-electron chi connectivity index (χ1n) is 5.03. The minimum Gasteiger partial charge on any atom is -0.497 e. The summed E-state index contributed by atoms with van der Waals surface area (Å²) in [6, 6.07) is 7.65. The van der Waals surface area contributed by atoms with Crippen LogP contribution >= 0.6 is 11.6 Å². The number of rotatable bonds is 1. The molecule has 0 aliphatic heterocycles. The Labute approximate surface area is 102 Å². The zero-order valence-electron chi connectivity index (χ0n) is 9.01. The predicted molar refractivity (Wildman–Crippen MR) is 66.4 cm³/mol. The molecule has 0 spiro atoms. The number of halogens is 1. The topological polar surface area (TPSA) is 47.9 Å². The molecule has 1 aromatic carbocycles. The second kappa shape index (κ2) is 3.82. The molecule has 0 atom stereocenters. The summed E-state index contributed by atoms with van der Waals surface area (Å²) in [7, 11) is 1.64. The molecule has 0 radical (unpaired) electrons. The average molecular weight is 246 g/mol. The summed E-state index contributed by atoms with van der Waals surface area (Å²) in [6.45, 7) is 0. The number of hydrogen-bond acceptors (Lipinski definition) is 4. The van der Waals surface area contributed by atoms with Crippen LogP contribution in [0, 0.1) is 0 Å². The molecule has 0 aliphatic carbocycles. The van der Waals surface area contributed by atoms with Crippen LogP contribution in [0.15, 0.2) is 30.5 Å². The Morgan fingerprint density at radius 2 is 2.00 bits per heavy atom. The molecule has 0 amide bonds. The Kier molecular flexibility index (Phi) is 2.30. The van der Waals surface area contributed by atoms with E-state index in [2.05, 4.69) is 15.0 Å². The van der Waals surface area contributed by atoms with Crippen LogP contribution in [0.4, 0.5) is 0 Å². The molecule has 0 aliphatic rings. The van der Waals surface area contributed by atoms with Gasteiger partial charge in [-0.25, -0.2) is 9.97 Å². The van der Waals surface area contributed by atoms with Crippen LogP contribution in [0.1, 0.15) is 0 Å². The van der Waals surface area contributed by atoms with E-state index in [0.29, 0.717) is 5.65 Å². The van der Waals surface area contributed by atoms with Gasteiger partial charge in [0.2, 0.25) is 5.28 Å². The summed E-state index contributed by atoms with van der Waals surface area (Å²) < 4.78 is 5.17. The molecule has 3 aromatic rings. The van der Waals surface area contributed by atoms with Crippen LogP contribution < -0.4 is 4.74 Å².